The second kappa shape index (κ2) is 14.5. The van der Waals surface area contributed by atoms with Crippen LogP contribution in [0.4, 0.5) is 0 Å². The van der Waals surface area contributed by atoms with Crippen LogP contribution in [-0.4, -0.2) is 70.6 Å². The summed E-state index contributed by atoms with van der Waals surface area (Å²) < 4.78 is 39.5. The Morgan fingerprint density at radius 2 is 1.97 bits per heavy atom. The molecule has 1 heterocycles. The van der Waals surface area contributed by atoms with E-state index in [1.807, 2.05) is 19.9 Å². The molecule has 0 amide bonds. The minimum atomic E-state index is -3.97. The molecule has 0 spiro atoms. The van der Waals surface area contributed by atoms with Crippen LogP contribution in [-0.2, 0) is 36.4 Å². The van der Waals surface area contributed by atoms with Crippen molar-refractivity contribution in [3.05, 3.63) is 33.9 Å². The molecule has 12 heteroatoms. The number of rotatable bonds is 16. The van der Waals surface area contributed by atoms with E-state index in [1.54, 1.807) is 14.0 Å². The molecular formula is C27H44NO9PSi. The number of allylic oxidation sites excluding steroid dienone is 1. The zero-order chi connectivity index (χ0) is 29.4. The maximum Gasteiger partial charge on any atom is 0.342 e. The highest BCUT2D eigenvalue weighted by molar-refractivity contribution is 7.52. The van der Waals surface area contributed by atoms with Crippen molar-refractivity contribution in [3.8, 4) is 11.5 Å². The molecule has 0 bridgehead atoms. The Balaban J connectivity index is 2.10. The highest BCUT2D eigenvalue weighted by Crippen LogP contribution is 2.44. The Kier molecular flexibility index (Phi) is 12.2. The number of benzene rings is 1. The fourth-order valence-electron chi connectivity index (χ4n) is 4.09. The average molecular weight is 586 g/mol. The fourth-order valence-corrected chi connectivity index (χ4v) is 5.93. The second-order valence-electron chi connectivity index (χ2n) is 10.8. The molecule has 0 saturated carbocycles. The Morgan fingerprint density at radius 1 is 1.28 bits per heavy atom. The van der Waals surface area contributed by atoms with E-state index in [4.69, 9.17) is 23.5 Å². The molecule has 1 aromatic rings. The number of hydrogen-bond donors (Lipinski definition) is 2. The van der Waals surface area contributed by atoms with Crippen LogP contribution in [0.25, 0.3) is 0 Å². The maximum atomic E-state index is 12.6. The zero-order valence-corrected chi connectivity index (χ0v) is 26.4. The minimum Gasteiger partial charge on any atom is -0.496 e. The molecule has 10 nitrogen and oxygen atoms in total. The van der Waals surface area contributed by atoms with Crippen molar-refractivity contribution >= 4 is 27.6 Å². The number of carbonyl (C=O) groups excluding carboxylic acids is 2. The van der Waals surface area contributed by atoms with Gasteiger partial charge in [-0.3, -0.25) is 9.09 Å². The van der Waals surface area contributed by atoms with Crippen LogP contribution in [0.2, 0.25) is 25.7 Å². The van der Waals surface area contributed by atoms with E-state index in [9.17, 15) is 19.0 Å². The van der Waals surface area contributed by atoms with Crippen LogP contribution in [0.5, 0.6) is 11.5 Å². The third kappa shape index (κ3) is 9.75. The van der Waals surface area contributed by atoms with E-state index in [0.29, 0.717) is 36.6 Å². The number of esters is 2. The van der Waals surface area contributed by atoms with Gasteiger partial charge < -0.3 is 29.2 Å². The summed E-state index contributed by atoms with van der Waals surface area (Å²) in [5.74, 6) is 0.156. The summed E-state index contributed by atoms with van der Waals surface area (Å²) in [6.07, 6.45) is 1.21. The average Bonchev–Trinajstić information content (AvgIpc) is 3.23. The summed E-state index contributed by atoms with van der Waals surface area (Å²) in [6, 6.07) is 0.947. The van der Waals surface area contributed by atoms with Crippen LogP contribution >= 0.6 is 7.60 Å². The number of methoxy groups -OCH3 is 1. The molecule has 0 fully saturated rings. The minimum absolute atomic E-state index is 0.154. The van der Waals surface area contributed by atoms with Crippen molar-refractivity contribution < 1.29 is 42.5 Å². The van der Waals surface area contributed by atoms with Crippen molar-refractivity contribution in [2.75, 3.05) is 39.6 Å². The van der Waals surface area contributed by atoms with E-state index < -0.39 is 27.7 Å². The summed E-state index contributed by atoms with van der Waals surface area (Å²) in [5, 5.41) is 3.13. The molecule has 0 aromatic heterocycles. The SMILES string of the molecule is CCOC(=O)[C@H](C)OP(=O)(O)CCNCC(C)=CCc1c(OC)c(C)c2c(c1OCC[Si](C)(C)C)C(=O)OC2. The van der Waals surface area contributed by atoms with Crippen molar-refractivity contribution in [2.45, 2.75) is 72.5 Å². The van der Waals surface area contributed by atoms with Crippen LogP contribution in [0.1, 0.15) is 47.8 Å². The van der Waals surface area contributed by atoms with Gasteiger partial charge in [0.25, 0.3) is 0 Å². The fraction of sp³-hybridized carbons (Fsp3) is 0.630. The van der Waals surface area contributed by atoms with Crippen molar-refractivity contribution in [3.63, 3.8) is 0 Å². The third-order valence-corrected chi connectivity index (χ3v) is 9.43. The number of nitrogens with one attached hydrogen (secondary N) is 1. The Labute approximate surface area is 232 Å². The predicted molar refractivity (Wildman–Crippen MR) is 153 cm³/mol. The molecular weight excluding hydrogens is 541 g/mol. The number of carbonyl (C=O) groups is 2. The largest absolute Gasteiger partial charge is 0.496 e. The molecule has 2 rings (SSSR count). The lowest BCUT2D eigenvalue weighted by Gasteiger charge is -2.21. The van der Waals surface area contributed by atoms with E-state index in [-0.39, 0.29) is 31.9 Å². The summed E-state index contributed by atoms with van der Waals surface area (Å²) in [5.41, 5.74) is 3.94. The Hall–Kier alpha value is -2.17. The van der Waals surface area contributed by atoms with Gasteiger partial charge >= 0.3 is 19.5 Å². The number of ether oxygens (including phenoxy) is 4. The smallest absolute Gasteiger partial charge is 0.342 e. The standard InChI is InChI=1S/C27H44NO9PSi/c1-9-34-26(29)20(4)37-38(31,32)14-12-28-16-18(2)10-11-21-24(33-5)19(3)22-17-36-27(30)23(22)25(21)35-13-15-39(6,7)8/h10,20,28H,9,11-17H2,1-8H3,(H,31,32)/t20-/m0/s1. The summed E-state index contributed by atoms with van der Waals surface area (Å²) in [7, 11) is -3.71. The van der Waals surface area contributed by atoms with Gasteiger partial charge in [0.2, 0.25) is 0 Å². The van der Waals surface area contributed by atoms with Gasteiger partial charge in [-0.1, -0.05) is 31.3 Å². The highest BCUT2D eigenvalue weighted by atomic mass is 31.2. The van der Waals surface area contributed by atoms with Gasteiger partial charge in [-0.25, -0.2) is 9.59 Å². The zero-order valence-electron chi connectivity index (χ0n) is 24.5. The van der Waals surface area contributed by atoms with Crippen LogP contribution in [0, 0.1) is 6.92 Å². The van der Waals surface area contributed by atoms with Gasteiger partial charge in [-0.15, -0.1) is 0 Å². The van der Waals surface area contributed by atoms with E-state index >= 15 is 0 Å². The first-order valence-corrected chi connectivity index (χ1v) is 18.7. The molecule has 1 aliphatic heterocycles. The molecule has 2 N–H and O–H groups in total. The van der Waals surface area contributed by atoms with Crippen molar-refractivity contribution in [2.24, 2.45) is 0 Å². The van der Waals surface area contributed by atoms with E-state index in [2.05, 4.69) is 25.0 Å². The Morgan fingerprint density at radius 3 is 2.59 bits per heavy atom. The number of fused-ring (bicyclic) bond motifs is 1. The first kappa shape index (κ1) is 33.0. The topological polar surface area (TPSA) is 130 Å². The molecule has 0 radical (unpaired) electrons. The lowest BCUT2D eigenvalue weighted by Crippen LogP contribution is -2.25. The maximum absolute atomic E-state index is 12.6. The van der Waals surface area contributed by atoms with Gasteiger partial charge in [-0.2, -0.15) is 0 Å². The molecule has 0 saturated heterocycles. The molecule has 1 aliphatic rings. The highest BCUT2D eigenvalue weighted by Gasteiger charge is 2.33. The second-order valence-corrected chi connectivity index (χ2v) is 18.4. The third-order valence-electron chi connectivity index (χ3n) is 6.30. The predicted octanol–water partition coefficient (Wildman–Crippen LogP) is 4.62. The summed E-state index contributed by atoms with van der Waals surface area (Å²) in [4.78, 5) is 34.4. The monoisotopic (exact) mass is 585 g/mol. The van der Waals surface area contributed by atoms with Gasteiger partial charge in [-0.05, 0) is 45.7 Å². The molecule has 1 aromatic carbocycles. The summed E-state index contributed by atoms with van der Waals surface area (Å²) >= 11 is 0. The number of hydrogen-bond acceptors (Lipinski definition) is 9. The van der Waals surface area contributed by atoms with Gasteiger partial charge in [0.15, 0.2) is 6.10 Å². The first-order valence-electron chi connectivity index (χ1n) is 13.3. The van der Waals surface area contributed by atoms with Gasteiger partial charge in [0, 0.05) is 32.3 Å². The molecule has 220 valence electrons. The molecule has 1 unspecified atom stereocenters. The summed E-state index contributed by atoms with van der Waals surface area (Å²) in [6.45, 7) is 15.3. The van der Waals surface area contributed by atoms with Crippen LogP contribution in [0.15, 0.2) is 11.6 Å². The lowest BCUT2D eigenvalue weighted by atomic mass is 9.95. The van der Waals surface area contributed by atoms with E-state index in [1.165, 1.54) is 6.92 Å². The quantitative estimate of drug-likeness (QED) is 0.0932. The first-order chi connectivity index (χ1) is 18.2. The number of cyclic esters (lactones) is 1. The van der Waals surface area contributed by atoms with E-state index in [0.717, 1.165) is 28.3 Å². The molecule has 2 atom stereocenters. The van der Waals surface area contributed by atoms with Crippen LogP contribution in [0.3, 0.4) is 0 Å². The van der Waals surface area contributed by atoms with Crippen molar-refractivity contribution in [1.29, 1.82) is 0 Å². The van der Waals surface area contributed by atoms with Gasteiger partial charge in [0.1, 0.15) is 23.7 Å². The van der Waals surface area contributed by atoms with Gasteiger partial charge in [0.05, 0.1) is 26.5 Å². The molecule has 39 heavy (non-hydrogen) atoms. The van der Waals surface area contributed by atoms with Crippen LogP contribution < -0.4 is 14.8 Å². The lowest BCUT2D eigenvalue weighted by molar-refractivity contribution is -0.150. The van der Waals surface area contributed by atoms with Crippen molar-refractivity contribution in [1.82, 2.24) is 5.32 Å². The molecule has 0 aliphatic carbocycles. The normalized spacial score (nSPS) is 15.8. The Bertz CT molecular complexity index is 1110.